The Morgan fingerprint density at radius 3 is 1.92 bits per heavy atom. The molecular formula is C27H51N2O8P. The van der Waals surface area contributed by atoms with E-state index in [1.54, 1.807) is 6.92 Å². The monoisotopic (exact) mass is 562 g/mol. The zero-order chi connectivity index (χ0) is 28.2. The highest BCUT2D eigenvalue weighted by molar-refractivity contribution is 7.47. The largest absolute Gasteiger partial charge is 0.472 e. The van der Waals surface area contributed by atoms with Crippen LogP contribution in [0.1, 0.15) is 123 Å². The van der Waals surface area contributed by atoms with Crippen molar-refractivity contribution in [3.05, 3.63) is 33.1 Å². The molecule has 11 heteroatoms. The molecular weight excluding hydrogens is 511 g/mol. The molecule has 0 radical (unpaired) electrons. The van der Waals surface area contributed by atoms with Gasteiger partial charge in [0.1, 0.15) is 0 Å². The average molecular weight is 563 g/mol. The van der Waals surface area contributed by atoms with Crippen molar-refractivity contribution < 1.29 is 28.0 Å². The fraction of sp³-hybridized carbons (Fsp3) is 0.852. The van der Waals surface area contributed by atoms with Crippen molar-refractivity contribution in [1.29, 1.82) is 0 Å². The second-order valence-corrected chi connectivity index (χ2v) is 11.3. The molecule has 0 saturated carbocycles. The van der Waals surface area contributed by atoms with Gasteiger partial charge in [0.05, 0.1) is 18.8 Å². The number of ether oxygens (including phenoxy) is 2. The Bertz CT molecular complexity index is 890. The summed E-state index contributed by atoms with van der Waals surface area (Å²) in [5.74, 6) is 0. The molecule has 3 unspecified atom stereocenters. The molecule has 0 aromatic carbocycles. The van der Waals surface area contributed by atoms with E-state index in [0.29, 0.717) is 13.0 Å². The van der Waals surface area contributed by atoms with Gasteiger partial charge in [0.15, 0.2) is 0 Å². The van der Waals surface area contributed by atoms with Crippen LogP contribution in [0.4, 0.5) is 0 Å². The van der Waals surface area contributed by atoms with Crippen LogP contribution in [0.3, 0.4) is 0 Å². The first-order chi connectivity index (χ1) is 18.2. The molecule has 0 aliphatic heterocycles. The summed E-state index contributed by atoms with van der Waals surface area (Å²) in [5, 5.41) is 0. The van der Waals surface area contributed by atoms with E-state index in [-0.39, 0.29) is 0 Å². The summed E-state index contributed by atoms with van der Waals surface area (Å²) in [6, 6.07) is 1.21. The van der Waals surface area contributed by atoms with Crippen LogP contribution in [0.25, 0.3) is 0 Å². The summed E-state index contributed by atoms with van der Waals surface area (Å²) in [6.07, 6.45) is 16.6. The van der Waals surface area contributed by atoms with Crippen molar-refractivity contribution in [2.75, 3.05) is 13.7 Å². The van der Waals surface area contributed by atoms with Gasteiger partial charge in [-0.2, -0.15) is 0 Å². The highest BCUT2D eigenvalue weighted by atomic mass is 31.2. The number of phosphoric acid groups is 1. The summed E-state index contributed by atoms with van der Waals surface area (Å²) >= 11 is 0. The molecule has 0 amide bonds. The number of hydrogen-bond acceptors (Lipinski definition) is 7. The molecule has 2 N–H and O–H groups in total. The number of aromatic amines is 1. The van der Waals surface area contributed by atoms with Crippen LogP contribution in [-0.4, -0.2) is 40.4 Å². The van der Waals surface area contributed by atoms with E-state index in [1.807, 2.05) is 6.92 Å². The topological polar surface area (TPSA) is 129 Å². The van der Waals surface area contributed by atoms with Crippen molar-refractivity contribution in [3.63, 3.8) is 0 Å². The SMILES string of the molecule is CCCCCCCCCCCCCCCCO[C@@H](OC(CC)C(C)OP(=O)(O)OC)n1ccc(=O)[nH]c1=O. The molecule has 1 rings (SSSR count). The first-order valence-electron chi connectivity index (χ1n) is 14.4. The molecule has 1 heterocycles. The number of aromatic nitrogens is 2. The first kappa shape index (κ1) is 34.7. The van der Waals surface area contributed by atoms with Crippen LogP contribution in [0.5, 0.6) is 0 Å². The van der Waals surface area contributed by atoms with Gasteiger partial charge in [0, 0.05) is 19.4 Å². The Balaban J connectivity index is 2.43. The van der Waals surface area contributed by atoms with Crippen molar-refractivity contribution in [3.8, 4) is 0 Å². The van der Waals surface area contributed by atoms with Crippen LogP contribution in [0, 0.1) is 0 Å². The third kappa shape index (κ3) is 15.3. The molecule has 10 nitrogen and oxygen atoms in total. The maximum atomic E-state index is 12.4. The van der Waals surface area contributed by atoms with Crippen LogP contribution >= 0.6 is 7.82 Å². The smallest absolute Gasteiger partial charge is 0.335 e. The highest BCUT2D eigenvalue weighted by Gasteiger charge is 2.30. The Labute approximate surface area is 228 Å². The fourth-order valence-corrected chi connectivity index (χ4v) is 4.91. The molecule has 0 fully saturated rings. The maximum Gasteiger partial charge on any atom is 0.472 e. The van der Waals surface area contributed by atoms with Crippen molar-refractivity contribution in [2.45, 2.75) is 136 Å². The number of nitrogens with zero attached hydrogens (tertiary/aromatic N) is 1. The number of nitrogens with one attached hydrogen (secondary N) is 1. The van der Waals surface area contributed by atoms with Gasteiger partial charge < -0.3 is 14.4 Å². The van der Waals surface area contributed by atoms with Crippen LogP contribution in [-0.2, 0) is 23.1 Å². The lowest BCUT2D eigenvalue weighted by atomic mass is 10.0. The van der Waals surface area contributed by atoms with E-state index in [1.165, 1.54) is 82.9 Å². The predicted molar refractivity (Wildman–Crippen MR) is 149 cm³/mol. The Hall–Kier alpha value is -1.29. The van der Waals surface area contributed by atoms with Crippen molar-refractivity contribution in [1.82, 2.24) is 9.55 Å². The number of unbranched alkanes of at least 4 members (excludes halogenated alkanes) is 13. The van der Waals surface area contributed by atoms with Crippen molar-refractivity contribution >= 4 is 7.82 Å². The number of H-pyrrole nitrogens is 1. The van der Waals surface area contributed by atoms with E-state index >= 15 is 0 Å². The minimum absolute atomic E-state index is 0.358. The zero-order valence-electron chi connectivity index (χ0n) is 23.9. The van der Waals surface area contributed by atoms with Gasteiger partial charge in [-0.1, -0.05) is 97.3 Å². The average Bonchev–Trinajstić information content (AvgIpc) is 2.88. The fourth-order valence-electron chi connectivity index (χ4n) is 4.27. The lowest BCUT2D eigenvalue weighted by Crippen LogP contribution is -2.38. The van der Waals surface area contributed by atoms with Crippen molar-refractivity contribution in [2.24, 2.45) is 0 Å². The minimum atomic E-state index is -4.22. The third-order valence-corrected chi connectivity index (χ3v) is 7.64. The van der Waals surface area contributed by atoms with Crippen LogP contribution in [0.2, 0.25) is 0 Å². The van der Waals surface area contributed by atoms with Gasteiger partial charge in [-0.05, 0) is 19.8 Å². The van der Waals surface area contributed by atoms with E-state index < -0.39 is 37.7 Å². The molecule has 1 aromatic heterocycles. The lowest BCUT2D eigenvalue weighted by molar-refractivity contribution is -0.233. The molecule has 0 aliphatic rings. The maximum absolute atomic E-state index is 12.4. The zero-order valence-corrected chi connectivity index (χ0v) is 24.8. The molecule has 0 aliphatic carbocycles. The van der Waals surface area contributed by atoms with E-state index in [2.05, 4.69) is 16.4 Å². The number of phosphoric ester groups is 1. The number of rotatable bonds is 24. The molecule has 0 bridgehead atoms. The van der Waals surface area contributed by atoms with Gasteiger partial charge in [0.2, 0.25) is 6.41 Å². The predicted octanol–water partition coefficient (Wildman–Crippen LogP) is 6.44. The molecule has 0 spiro atoms. The summed E-state index contributed by atoms with van der Waals surface area (Å²) in [7, 11) is -3.14. The first-order valence-corrected chi connectivity index (χ1v) is 15.9. The highest BCUT2D eigenvalue weighted by Crippen LogP contribution is 2.44. The Kier molecular flexibility index (Phi) is 18.8. The van der Waals surface area contributed by atoms with Crippen LogP contribution in [0.15, 0.2) is 21.9 Å². The summed E-state index contributed by atoms with van der Waals surface area (Å²) in [5.41, 5.74) is -1.20. The summed E-state index contributed by atoms with van der Waals surface area (Å²) in [4.78, 5) is 35.7. The summed E-state index contributed by atoms with van der Waals surface area (Å²) in [6.45, 7) is 6.01. The van der Waals surface area contributed by atoms with E-state index in [9.17, 15) is 19.0 Å². The minimum Gasteiger partial charge on any atom is -0.335 e. The number of hydrogen-bond donors (Lipinski definition) is 2. The van der Waals surface area contributed by atoms with E-state index in [4.69, 9.17) is 14.0 Å². The molecule has 4 atom stereocenters. The molecule has 222 valence electrons. The molecule has 0 saturated heterocycles. The Morgan fingerprint density at radius 2 is 1.45 bits per heavy atom. The van der Waals surface area contributed by atoms with Gasteiger partial charge in [0.25, 0.3) is 5.56 Å². The third-order valence-electron chi connectivity index (χ3n) is 6.58. The quantitative estimate of drug-likeness (QED) is 0.0837. The lowest BCUT2D eigenvalue weighted by Gasteiger charge is -2.29. The van der Waals surface area contributed by atoms with Crippen LogP contribution < -0.4 is 11.2 Å². The van der Waals surface area contributed by atoms with Gasteiger partial charge in [-0.25, -0.2) is 9.36 Å². The van der Waals surface area contributed by atoms with Gasteiger partial charge in [-0.15, -0.1) is 0 Å². The molecule has 38 heavy (non-hydrogen) atoms. The standard InChI is InChI=1S/C27H51N2O8P/c1-5-7-8-9-10-11-12-13-14-15-16-17-18-19-22-35-27(29-21-20-25(30)28-26(29)31)36-24(6-2)23(3)37-38(32,33)34-4/h20-21,23-24,27H,5-19,22H2,1-4H3,(H,32,33)(H,28,30,31)/t23?,24?,27-/m0/s1. The van der Waals surface area contributed by atoms with Gasteiger partial charge in [-0.3, -0.25) is 23.4 Å². The van der Waals surface area contributed by atoms with E-state index in [0.717, 1.165) is 30.9 Å². The summed E-state index contributed by atoms with van der Waals surface area (Å²) < 4.78 is 34.5. The molecule has 1 aromatic rings. The normalized spacial score (nSPS) is 15.7. The Morgan fingerprint density at radius 1 is 0.921 bits per heavy atom. The second-order valence-electron chi connectivity index (χ2n) is 9.84. The second kappa shape index (κ2) is 20.6. The van der Waals surface area contributed by atoms with Gasteiger partial charge >= 0.3 is 13.5 Å².